The fourth-order valence-electron chi connectivity index (χ4n) is 9.75. The lowest BCUT2D eigenvalue weighted by atomic mass is 9.89. The molecule has 11 atom stereocenters. The first-order valence-electron chi connectivity index (χ1n) is 20.9. The van der Waals surface area contributed by atoms with E-state index in [0.717, 1.165) is 42.7 Å². The number of anilines is 1. The van der Waals surface area contributed by atoms with Gasteiger partial charge < -0.3 is 35.6 Å². The Morgan fingerprint density at radius 1 is 1.07 bits per heavy atom. The van der Waals surface area contributed by atoms with E-state index in [1.807, 2.05) is 62.4 Å². The molecule has 1 saturated carbocycles. The average Bonchev–Trinajstić information content (AvgIpc) is 4.02. The quantitative estimate of drug-likeness (QED) is 0.172. The van der Waals surface area contributed by atoms with Gasteiger partial charge in [-0.2, -0.15) is 0 Å². The van der Waals surface area contributed by atoms with Crippen LogP contribution in [0.3, 0.4) is 0 Å². The van der Waals surface area contributed by atoms with E-state index in [1.54, 1.807) is 32.4 Å². The number of amides is 4. The molecule has 2 aliphatic heterocycles. The number of thiazole rings is 1. The number of benzene rings is 1. The summed E-state index contributed by atoms with van der Waals surface area (Å²) in [6.07, 6.45) is 6.57. The molecule has 4 N–H and O–H groups in total. The predicted molar refractivity (Wildman–Crippen MR) is 223 cm³/mol. The van der Waals surface area contributed by atoms with Crippen molar-refractivity contribution < 1.29 is 28.7 Å². The van der Waals surface area contributed by atoms with Gasteiger partial charge in [-0.25, -0.2) is 4.98 Å². The molecule has 1 aromatic carbocycles. The molecule has 0 radical (unpaired) electrons. The van der Waals surface area contributed by atoms with Crippen LogP contribution in [0.4, 0.5) is 5.69 Å². The maximum atomic E-state index is 14.4. The minimum atomic E-state index is -0.714. The van der Waals surface area contributed by atoms with Gasteiger partial charge in [0.05, 0.1) is 48.7 Å². The number of nitrogens with two attached hydrogens (primary N) is 1. The molecule has 57 heavy (non-hydrogen) atoms. The first-order chi connectivity index (χ1) is 27.2. The molecule has 3 fully saturated rings. The highest BCUT2D eigenvalue weighted by Crippen LogP contribution is 2.41. The van der Waals surface area contributed by atoms with Crippen LogP contribution in [0.2, 0.25) is 0 Å². The van der Waals surface area contributed by atoms with Gasteiger partial charge in [-0.05, 0) is 81.0 Å². The molecule has 4 amide bonds. The number of methoxy groups -OCH3 is 2. The summed E-state index contributed by atoms with van der Waals surface area (Å²) in [4.78, 5) is 66.6. The van der Waals surface area contributed by atoms with Crippen molar-refractivity contribution in [2.45, 2.75) is 134 Å². The Hall–Kier alpha value is -3.59. The summed E-state index contributed by atoms with van der Waals surface area (Å²) in [5, 5.41) is 9.05. The van der Waals surface area contributed by atoms with Gasteiger partial charge in [0.25, 0.3) is 0 Å². The Kier molecular flexibility index (Phi) is 15.5. The maximum Gasteiger partial charge on any atom is 0.245 e. The number of carbonyl (C=O) groups is 4. The SMILES string of the molecule is CCC(C)C(C(CC(=O)N1CCCC1C(OC)C(C)C(=O)NC(Cc1cccc(N)c1)c1nccs1)OC)N(C)C(=O)C(NC(=O)C1C2CCC(C2)N1C)C(C)C. The van der Waals surface area contributed by atoms with Gasteiger partial charge in [-0.1, -0.05) is 53.2 Å². The second-order valence-electron chi connectivity index (χ2n) is 17.0. The molecule has 14 heteroatoms. The van der Waals surface area contributed by atoms with Crippen molar-refractivity contribution in [3.63, 3.8) is 0 Å². The van der Waals surface area contributed by atoms with Crippen molar-refractivity contribution in [1.29, 1.82) is 0 Å². The summed E-state index contributed by atoms with van der Waals surface area (Å²) in [5.74, 6) is -0.957. The zero-order chi connectivity index (χ0) is 41.6. The average molecular weight is 810 g/mol. The monoisotopic (exact) mass is 809 g/mol. The van der Waals surface area contributed by atoms with E-state index in [2.05, 4.69) is 34.4 Å². The predicted octanol–water partition coefficient (Wildman–Crippen LogP) is 4.67. The van der Waals surface area contributed by atoms with Crippen molar-refractivity contribution in [2.24, 2.45) is 23.7 Å². The number of likely N-dealkylation sites (tertiary alicyclic amines) is 2. The second-order valence-corrected chi connectivity index (χ2v) is 18.0. The van der Waals surface area contributed by atoms with Gasteiger partial charge in [0.2, 0.25) is 23.6 Å². The minimum absolute atomic E-state index is 0.000150. The van der Waals surface area contributed by atoms with Gasteiger partial charge in [-0.15, -0.1) is 11.3 Å². The number of fused-ring (bicyclic) bond motifs is 2. The molecule has 3 heterocycles. The Labute approximate surface area is 343 Å². The van der Waals surface area contributed by atoms with Crippen LogP contribution in [0.1, 0.15) is 96.2 Å². The summed E-state index contributed by atoms with van der Waals surface area (Å²) in [5.41, 5.74) is 7.70. The van der Waals surface area contributed by atoms with Crippen LogP contribution >= 0.6 is 11.3 Å². The molecule has 5 rings (SSSR count). The summed E-state index contributed by atoms with van der Waals surface area (Å²) in [7, 11) is 6.97. The number of aromatic nitrogens is 1. The van der Waals surface area contributed by atoms with E-state index in [1.165, 1.54) is 11.3 Å². The van der Waals surface area contributed by atoms with E-state index < -0.39 is 30.2 Å². The molecular formula is C43H67N7O6S. The molecular weight excluding hydrogens is 743 g/mol. The number of nitrogen functional groups attached to an aromatic ring is 1. The highest BCUT2D eigenvalue weighted by molar-refractivity contribution is 7.09. The van der Waals surface area contributed by atoms with Crippen LogP contribution < -0.4 is 16.4 Å². The zero-order valence-electron chi connectivity index (χ0n) is 35.5. The van der Waals surface area contributed by atoms with Crippen LogP contribution in [-0.4, -0.2) is 121 Å². The third-order valence-corrected chi connectivity index (χ3v) is 14.0. The lowest BCUT2D eigenvalue weighted by Gasteiger charge is -2.41. The zero-order valence-corrected chi connectivity index (χ0v) is 36.3. The summed E-state index contributed by atoms with van der Waals surface area (Å²) in [6.45, 7) is 10.4. The van der Waals surface area contributed by atoms with E-state index in [9.17, 15) is 19.2 Å². The number of nitrogens with zero attached hydrogens (tertiary/aromatic N) is 4. The van der Waals surface area contributed by atoms with Crippen molar-refractivity contribution in [1.82, 2.24) is 30.3 Å². The van der Waals surface area contributed by atoms with Crippen molar-refractivity contribution in [3.05, 3.63) is 46.4 Å². The van der Waals surface area contributed by atoms with E-state index in [-0.39, 0.29) is 60.0 Å². The summed E-state index contributed by atoms with van der Waals surface area (Å²) >= 11 is 1.48. The highest BCUT2D eigenvalue weighted by Gasteiger charge is 2.49. The number of carbonyl (C=O) groups excluding carboxylic acids is 4. The van der Waals surface area contributed by atoms with Crippen molar-refractivity contribution in [2.75, 3.05) is 40.6 Å². The first kappa shape index (κ1) is 44.5. The number of rotatable bonds is 19. The van der Waals surface area contributed by atoms with Crippen molar-refractivity contribution in [3.8, 4) is 0 Å². The van der Waals surface area contributed by atoms with Crippen LogP contribution in [0.15, 0.2) is 35.8 Å². The molecule has 0 spiro atoms. The Bertz CT molecular complexity index is 1660. The molecule has 1 aliphatic carbocycles. The molecule has 1 aromatic heterocycles. The van der Waals surface area contributed by atoms with Crippen LogP contribution in [-0.2, 0) is 35.1 Å². The summed E-state index contributed by atoms with van der Waals surface area (Å²) < 4.78 is 12.1. The molecule has 2 bridgehead atoms. The topological polar surface area (TPSA) is 159 Å². The fourth-order valence-corrected chi connectivity index (χ4v) is 10.4. The third kappa shape index (κ3) is 10.2. The smallest absolute Gasteiger partial charge is 0.245 e. The Morgan fingerprint density at radius 3 is 2.42 bits per heavy atom. The van der Waals surface area contributed by atoms with Crippen LogP contribution in [0.5, 0.6) is 0 Å². The molecule has 3 aliphatic rings. The number of likely N-dealkylation sites (N-methyl/N-ethyl adjacent to an activating group) is 2. The maximum absolute atomic E-state index is 14.4. The number of hydrogen-bond acceptors (Lipinski definition) is 10. The van der Waals surface area contributed by atoms with Gasteiger partial charge in [0, 0.05) is 51.1 Å². The Balaban J connectivity index is 1.27. The van der Waals surface area contributed by atoms with Crippen molar-refractivity contribution >= 4 is 40.7 Å². The largest absolute Gasteiger partial charge is 0.399 e. The minimum Gasteiger partial charge on any atom is -0.399 e. The Morgan fingerprint density at radius 2 is 1.82 bits per heavy atom. The van der Waals surface area contributed by atoms with E-state index in [0.29, 0.717) is 37.0 Å². The lowest BCUT2D eigenvalue weighted by Crippen LogP contribution is -2.60. The number of nitrogens with one attached hydrogen (secondary N) is 2. The van der Waals surface area contributed by atoms with Gasteiger partial charge in [0.1, 0.15) is 11.0 Å². The van der Waals surface area contributed by atoms with Gasteiger partial charge in [-0.3, -0.25) is 24.1 Å². The normalized spacial score (nSPS) is 24.4. The fraction of sp³-hybridized carbons (Fsp3) is 0.698. The molecule has 13 nitrogen and oxygen atoms in total. The number of piperidine rings is 1. The van der Waals surface area contributed by atoms with Crippen LogP contribution in [0, 0.1) is 23.7 Å². The molecule has 2 saturated heterocycles. The standard InChI is InChI=1S/C43H67N7O6S/c1-10-26(4)37(49(7)43(54)36(25(2)3)47-41(53)38-29-16-17-31(23-29)48(38)6)34(55-8)24-35(51)50-19-12-15-33(50)39(56-9)27(5)40(52)46-32(42-45-18-20-57-42)22-28-13-11-14-30(44)21-28/h11,13-14,18,20-21,25-27,29,31-34,36-39H,10,12,15-17,19,22-24,44H2,1-9H3,(H,46,52)(H,47,53). The first-order valence-corrected chi connectivity index (χ1v) is 21.8. The van der Waals surface area contributed by atoms with Gasteiger partial charge in [0.15, 0.2) is 0 Å². The lowest BCUT2D eigenvalue weighted by molar-refractivity contribution is -0.148. The molecule has 11 unspecified atom stereocenters. The molecule has 2 aromatic rings. The van der Waals surface area contributed by atoms with E-state index >= 15 is 0 Å². The van der Waals surface area contributed by atoms with E-state index in [4.69, 9.17) is 15.2 Å². The van der Waals surface area contributed by atoms with Crippen LogP contribution in [0.25, 0.3) is 0 Å². The third-order valence-electron chi connectivity index (χ3n) is 13.1. The number of hydrogen-bond donors (Lipinski definition) is 3. The number of ether oxygens (including phenoxy) is 2. The second kappa shape index (κ2) is 19.9. The molecule has 316 valence electrons. The highest BCUT2D eigenvalue weighted by atomic mass is 32.1. The summed E-state index contributed by atoms with van der Waals surface area (Å²) in [6, 6.07) is 6.02. The van der Waals surface area contributed by atoms with Gasteiger partial charge >= 0.3 is 0 Å².